The lowest BCUT2D eigenvalue weighted by Crippen LogP contribution is -2.43. The third-order valence-corrected chi connectivity index (χ3v) is 5.74. The van der Waals surface area contributed by atoms with E-state index in [0.717, 1.165) is 34.0 Å². The molecule has 1 atom stereocenters. The van der Waals surface area contributed by atoms with Crippen molar-refractivity contribution >= 4 is 29.8 Å². The van der Waals surface area contributed by atoms with E-state index < -0.39 is 24.1 Å². The molecule has 29 heavy (non-hydrogen) atoms. The summed E-state index contributed by atoms with van der Waals surface area (Å²) in [6.07, 6.45) is -0.875. The van der Waals surface area contributed by atoms with Crippen molar-refractivity contribution in [2.75, 3.05) is 18.1 Å². The summed E-state index contributed by atoms with van der Waals surface area (Å²) in [5, 5.41) is 20.2. The molecule has 2 aromatic rings. The van der Waals surface area contributed by atoms with Crippen LogP contribution in [0.5, 0.6) is 0 Å². The van der Waals surface area contributed by atoms with Crippen LogP contribution >= 0.6 is 11.8 Å². The van der Waals surface area contributed by atoms with Gasteiger partial charge in [0, 0.05) is 17.4 Å². The molecule has 0 bridgehead atoms. The van der Waals surface area contributed by atoms with Gasteiger partial charge in [-0.1, -0.05) is 48.5 Å². The molecule has 0 aliphatic heterocycles. The number of amides is 1. The summed E-state index contributed by atoms with van der Waals surface area (Å²) in [6.45, 7) is 0.0956. The number of rotatable bonds is 9. The normalized spacial score (nSPS) is 13.2. The zero-order valence-electron chi connectivity index (χ0n) is 15.5. The molecule has 1 aliphatic rings. The van der Waals surface area contributed by atoms with Crippen LogP contribution in [0.4, 0.5) is 4.79 Å². The van der Waals surface area contributed by atoms with Crippen LogP contribution in [0.25, 0.3) is 11.1 Å². The van der Waals surface area contributed by atoms with Crippen molar-refractivity contribution in [3.63, 3.8) is 0 Å². The highest BCUT2D eigenvalue weighted by Gasteiger charge is 2.29. The molecule has 152 valence electrons. The number of carbonyl (C=O) groups excluding carboxylic acids is 1. The topological polar surface area (TPSA) is 113 Å². The smallest absolute Gasteiger partial charge is 0.407 e. The van der Waals surface area contributed by atoms with Crippen molar-refractivity contribution in [3.05, 3.63) is 59.7 Å². The molecule has 2 aromatic carbocycles. The summed E-state index contributed by atoms with van der Waals surface area (Å²) >= 11 is 1.15. The Morgan fingerprint density at radius 3 is 2.14 bits per heavy atom. The van der Waals surface area contributed by atoms with Crippen molar-refractivity contribution in [2.24, 2.45) is 0 Å². The largest absolute Gasteiger partial charge is 0.481 e. The van der Waals surface area contributed by atoms with Crippen LogP contribution in [-0.2, 0) is 14.3 Å². The summed E-state index contributed by atoms with van der Waals surface area (Å²) < 4.78 is 5.35. The number of nitrogens with one attached hydrogen (secondary N) is 1. The molecule has 1 amide bonds. The standard InChI is InChI=1S/C21H21NO6S/c23-19(24)9-10-29-12-18(20(25)26)22-21(27)28-11-17-15-7-3-1-5-13(15)14-6-2-4-8-16(14)17/h1-8,17-18H,9-12H2,(H,22,27)(H,23,24)(H,25,26). The van der Waals surface area contributed by atoms with E-state index in [-0.39, 0.29) is 30.5 Å². The van der Waals surface area contributed by atoms with Gasteiger partial charge in [0.25, 0.3) is 0 Å². The van der Waals surface area contributed by atoms with Crippen LogP contribution in [0.2, 0.25) is 0 Å². The second-order valence-corrected chi connectivity index (χ2v) is 7.73. The van der Waals surface area contributed by atoms with Gasteiger partial charge in [-0.15, -0.1) is 0 Å². The lowest BCUT2D eigenvalue weighted by molar-refractivity contribution is -0.139. The van der Waals surface area contributed by atoms with Gasteiger partial charge < -0.3 is 20.3 Å². The van der Waals surface area contributed by atoms with E-state index in [4.69, 9.17) is 9.84 Å². The van der Waals surface area contributed by atoms with E-state index >= 15 is 0 Å². The Hall–Kier alpha value is -3.00. The van der Waals surface area contributed by atoms with Gasteiger partial charge in [0.2, 0.25) is 0 Å². The predicted molar refractivity (Wildman–Crippen MR) is 109 cm³/mol. The maximum atomic E-state index is 12.2. The number of ether oxygens (including phenoxy) is 1. The highest BCUT2D eigenvalue weighted by Crippen LogP contribution is 2.44. The summed E-state index contributed by atoms with van der Waals surface area (Å²) in [4.78, 5) is 34.1. The first-order valence-corrected chi connectivity index (χ1v) is 10.3. The van der Waals surface area contributed by atoms with Gasteiger partial charge in [-0.25, -0.2) is 9.59 Å². The molecule has 0 saturated carbocycles. The fourth-order valence-corrected chi connectivity index (χ4v) is 4.26. The SMILES string of the molecule is O=C(O)CCSCC(NC(=O)OCC1c2ccccc2-c2ccccc21)C(=O)O. The first-order valence-electron chi connectivity index (χ1n) is 9.11. The molecule has 0 aromatic heterocycles. The monoisotopic (exact) mass is 415 g/mol. The minimum Gasteiger partial charge on any atom is -0.481 e. The van der Waals surface area contributed by atoms with Crippen LogP contribution in [0.3, 0.4) is 0 Å². The lowest BCUT2D eigenvalue weighted by Gasteiger charge is -2.17. The summed E-state index contributed by atoms with van der Waals surface area (Å²) in [5.74, 6) is -1.92. The van der Waals surface area contributed by atoms with E-state index in [1.54, 1.807) is 0 Å². The van der Waals surface area contributed by atoms with E-state index in [2.05, 4.69) is 5.32 Å². The molecule has 0 radical (unpaired) electrons. The maximum absolute atomic E-state index is 12.2. The fourth-order valence-electron chi connectivity index (χ4n) is 3.32. The third-order valence-electron chi connectivity index (χ3n) is 4.68. The molecule has 0 heterocycles. The molecule has 8 heteroatoms. The summed E-state index contributed by atoms with van der Waals surface area (Å²) in [7, 11) is 0. The number of benzene rings is 2. The van der Waals surface area contributed by atoms with Crippen molar-refractivity contribution in [1.29, 1.82) is 0 Å². The van der Waals surface area contributed by atoms with Gasteiger partial charge in [-0.05, 0) is 22.3 Å². The van der Waals surface area contributed by atoms with E-state index in [1.807, 2.05) is 48.5 Å². The molecule has 3 N–H and O–H groups in total. The Balaban J connectivity index is 1.58. The number of alkyl carbamates (subject to hydrolysis) is 1. The molecular formula is C21H21NO6S. The summed E-state index contributed by atoms with van der Waals surface area (Å²) in [5.41, 5.74) is 4.35. The molecule has 7 nitrogen and oxygen atoms in total. The Morgan fingerprint density at radius 2 is 1.59 bits per heavy atom. The summed E-state index contributed by atoms with van der Waals surface area (Å²) in [6, 6.07) is 14.7. The number of carboxylic acids is 2. The Morgan fingerprint density at radius 1 is 1.00 bits per heavy atom. The van der Waals surface area contributed by atoms with Crippen molar-refractivity contribution < 1.29 is 29.3 Å². The van der Waals surface area contributed by atoms with Gasteiger partial charge in [0.05, 0.1) is 6.42 Å². The molecule has 0 fully saturated rings. The van der Waals surface area contributed by atoms with Crippen molar-refractivity contribution in [1.82, 2.24) is 5.32 Å². The quantitative estimate of drug-likeness (QED) is 0.539. The van der Waals surface area contributed by atoms with E-state index in [9.17, 15) is 19.5 Å². The Labute approximate surface area is 172 Å². The highest BCUT2D eigenvalue weighted by molar-refractivity contribution is 7.99. The predicted octanol–water partition coefficient (Wildman–Crippen LogP) is 3.19. The van der Waals surface area contributed by atoms with Crippen LogP contribution in [0.1, 0.15) is 23.5 Å². The number of hydrogen-bond donors (Lipinski definition) is 3. The zero-order chi connectivity index (χ0) is 20.8. The maximum Gasteiger partial charge on any atom is 0.407 e. The molecule has 3 rings (SSSR count). The fraction of sp³-hybridized carbons (Fsp3) is 0.286. The van der Waals surface area contributed by atoms with E-state index in [0.29, 0.717) is 0 Å². The van der Waals surface area contributed by atoms with Gasteiger partial charge in [0.1, 0.15) is 12.6 Å². The number of aliphatic carboxylic acids is 2. The molecule has 1 unspecified atom stereocenters. The Kier molecular flexibility index (Phi) is 6.77. The molecular weight excluding hydrogens is 394 g/mol. The number of fused-ring (bicyclic) bond motifs is 3. The van der Waals surface area contributed by atoms with E-state index in [1.165, 1.54) is 0 Å². The third kappa shape index (κ3) is 5.08. The first-order chi connectivity index (χ1) is 14.0. The van der Waals surface area contributed by atoms with Crippen molar-refractivity contribution in [3.8, 4) is 11.1 Å². The van der Waals surface area contributed by atoms with Gasteiger partial charge in [0.15, 0.2) is 0 Å². The number of carboxylic acid groups (broad SMARTS) is 2. The van der Waals surface area contributed by atoms with Crippen molar-refractivity contribution in [2.45, 2.75) is 18.4 Å². The van der Waals surface area contributed by atoms with Crippen LogP contribution < -0.4 is 5.32 Å². The van der Waals surface area contributed by atoms with Gasteiger partial charge in [-0.3, -0.25) is 4.79 Å². The van der Waals surface area contributed by atoms with Gasteiger partial charge >= 0.3 is 18.0 Å². The molecule has 1 aliphatic carbocycles. The first kappa shape index (κ1) is 20.7. The van der Waals surface area contributed by atoms with Crippen LogP contribution in [0, 0.1) is 0 Å². The average Bonchev–Trinajstić information content (AvgIpc) is 3.02. The minimum absolute atomic E-state index is 0.0623. The minimum atomic E-state index is -1.19. The molecule has 0 spiro atoms. The zero-order valence-corrected chi connectivity index (χ0v) is 16.4. The van der Waals surface area contributed by atoms with Crippen LogP contribution in [-0.4, -0.2) is 52.4 Å². The average molecular weight is 415 g/mol. The lowest BCUT2D eigenvalue weighted by atomic mass is 9.98. The van der Waals surface area contributed by atoms with Gasteiger partial charge in [-0.2, -0.15) is 11.8 Å². The highest BCUT2D eigenvalue weighted by atomic mass is 32.2. The number of thioether (sulfide) groups is 1. The second kappa shape index (κ2) is 9.47. The Bertz CT molecular complexity index is 870. The second-order valence-electron chi connectivity index (χ2n) is 6.58. The van der Waals surface area contributed by atoms with Crippen LogP contribution in [0.15, 0.2) is 48.5 Å². The number of hydrogen-bond acceptors (Lipinski definition) is 5. The number of carbonyl (C=O) groups is 3. The molecule has 0 saturated heterocycles.